The van der Waals surface area contributed by atoms with E-state index >= 15 is 0 Å². The third-order valence-electron chi connectivity index (χ3n) is 3.00. The first-order chi connectivity index (χ1) is 10.0. The molecule has 0 saturated heterocycles. The monoisotopic (exact) mass is 323 g/mol. The van der Waals surface area contributed by atoms with Crippen molar-refractivity contribution in [3.63, 3.8) is 0 Å². The highest BCUT2D eigenvalue weighted by Crippen LogP contribution is 2.27. The van der Waals surface area contributed by atoms with E-state index in [1.165, 1.54) is 0 Å². The van der Waals surface area contributed by atoms with Gasteiger partial charge in [-0.1, -0.05) is 29.3 Å². The molecule has 0 saturated carbocycles. The number of hydrogen-bond donors (Lipinski definition) is 1. The molecule has 0 heterocycles. The average molecular weight is 324 g/mol. The predicted molar refractivity (Wildman–Crippen MR) is 86.8 cm³/mol. The minimum Gasteiger partial charge on any atom is -0.493 e. The van der Waals surface area contributed by atoms with Crippen LogP contribution in [-0.4, -0.2) is 12.5 Å². The SMILES string of the molecule is CCOc1ccc(Cl)cc1C(=O)Nc1cccc(Cl)c1C. The highest BCUT2D eigenvalue weighted by molar-refractivity contribution is 6.32. The molecule has 110 valence electrons. The number of amides is 1. The zero-order valence-electron chi connectivity index (χ0n) is 11.7. The van der Waals surface area contributed by atoms with E-state index in [0.717, 1.165) is 5.56 Å². The summed E-state index contributed by atoms with van der Waals surface area (Å²) < 4.78 is 5.46. The summed E-state index contributed by atoms with van der Waals surface area (Å²) >= 11 is 12.0. The van der Waals surface area contributed by atoms with Gasteiger partial charge in [-0.05, 0) is 49.7 Å². The van der Waals surface area contributed by atoms with Crippen LogP contribution in [0.25, 0.3) is 0 Å². The molecular formula is C16H15Cl2NO2. The van der Waals surface area contributed by atoms with E-state index in [2.05, 4.69) is 5.32 Å². The molecule has 2 aromatic rings. The topological polar surface area (TPSA) is 38.3 Å². The first-order valence-electron chi connectivity index (χ1n) is 6.51. The van der Waals surface area contributed by atoms with Crippen LogP contribution in [-0.2, 0) is 0 Å². The van der Waals surface area contributed by atoms with Crippen LogP contribution < -0.4 is 10.1 Å². The lowest BCUT2D eigenvalue weighted by Gasteiger charge is -2.13. The summed E-state index contributed by atoms with van der Waals surface area (Å²) in [7, 11) is 0. The van der Waals surface area contributed by atoms with E-state index in [9.17, 15) is 4.79 Å². The smallest absolute Gasteiger partial charge is 0.259 e. The Morgan fingerprint density at radius 1 is 1.24 bits per heavy atom. The van der Waals surface area contributed by atoms with E-state index in [-0.39, 0.29) is 5.91 Å². The molecule has 0 aliphatic heterocycles. The molecule has 0 aliphatic rings. The molecule has 5 heteroatoms. The second kappa shape index (κ2) is 6.83. The maximum atomic E-state index is 12.4. The summed E-state index contributed by atoms with van der Waals surface area (Å²) in [5.41, 5.74) is 1.87. The van der Waals surface area contributed by atoms with Crippen molar-refractivity contribution in [2.75, 3.05) is 11.9 Å². The fourth-order valence-electron chi connectivity index (χ4n) is 1.89. The Labute approximate surface area is 133 Å². The van der Waals surface area contributed by atoms with Gasteiger partial charge in [0.1, 0.15) is 5.75 Å². The number of ether oxygens (including phenoxy) is 1. The predicted octanol–water partition coefficient (Wildman–Crippen LogP) is 4.95. The molecule has 0 aliphatic carbocycles. The highest BCUT2D eigenvalue weighted by Gasteiger charge is 2.15. The maximum absolute atomic E-state index is 12.4. The zero-order valence-corrected chi connectivity index (χ0v) is 13.3. The summed E-state index contributed by atoms with van der Waals surface area (Å²) in [6.07, 6.45) is 0. The lowest BCUT2D eigenvalue weighted by molar-refractivity contribution is 0.102. The van der Waals surface area contributed by atoms with Crippen molar-refractivity contribution >= 4 is 34.8 Å². The number of nitrogens with one attached hydrogen (secondary N) is 1. The minimum absolute atomic E-state index is 0.286. The fourth-order valence-corrected chi connectivity index (χ4v) is 2.24. The van der Waals surface area contributed by atoms with Gasteiger partial charge in [-0.25, -0.2) is 0 Å². The first kappa shape index (κ1) is 15.7. The molecule has 0 aromatic heterocycles. The number of carbonyl (C=O) groups is 1. The first-order valence-corrected chi connectivity index (χ1v) is 7.27. The van der Waals surface area contributed by atoms with Gasteiger partial charge >= 0.3 is 0 Å². The summed E-state index contributed by atoms with van der Waals surface area (Å²) in [5.74, 6) is 0.213. The highest BCUT2D eigenvalue weighted by atomic mass is 35.5. The molecule has 0 unspecified atom stereocenters. The van der Waals surface area contributed by atoms with Crippen LogP contribution in [0.2, 0.25) is 10.0 Å². The van der Waals surface area contributed by atoms with Crippen LogP contribution in [0.1, 0.15) is 22.8 Å². The van der Waals surface area contributed by atoms with E-state index in [0.29, 0.717) is 33.7 Å². The normalized spacial score (nSPS) is 10.3. The van der Waals surface area contributed by atoms with Gasteiger partial charge < -0.3 is 10.1 Å². The number of rotatable bonds is 4. The van der Waals surface area contributed by atoms with Gasteiger partial charge in [-0.15, -0.1) is 0 Å². The summed E-state index contributed by atoms with van der Waals surface area (Å²) in [5, 5.41) is 3.91. The van der Waals surface area contributed by atoms with Crippen molar-refractivity contribution in [1.82, 2.24) is 0 Å². The third kappa shape index (κ3) is 3.69. The summed E-state index contributed by atoms with van der Waals surface area (Å²) in [6, 6.07) is 10.3. The van der Waals surface area contributed by atoms with Crippen LogP contribution >= 0.6 is 23.2 Å². The molecular weight excluding hydrogens is 309 g/mol. The summed E-state index contributed by atoms with van der Waals surface area (Å²) in [4.78, 5) is 12.4. The Bertz CT molecular complexity index is 671. The van der Waals surface area contributed by atoms with Crippen LogP contribution in [0, 0.1) is 6.92 Å². The summed E-state index contributed by atoms with van der Waals surface area (Å²) in [6.45, 7) is 4.18. The number of carbonyl (C=O) groups excluding carboxylic acids is 1. The van der Waals surface area contributed by atoms with Gasteiger partial charge in [-0.2, -0.15) is 0 Å². The number of halogens is 2. The van der Waals surface area contributed by atoms with Gasteiger partial charge in [0, 0.05) is 15.7 Å². The Morgan fingerprint density at radius 2 is 2.00 bits per heavy atom. The van der Waals surface area contributed by atoms with E-state index in [1.807, 2.05) is 13.8 Å². The zero-order chi connectivity index (χ0) is 15.4. The molecule has 0 spiro atoms. The molecule has 0 atom stereocenters. The van der Waals surface area contributed by atoms with Gasteiger partial charge in [0.2, 0.25) is 0 Å². The Balaban J connectivity index is 2.32. The maximum Gasteiger partial charge on any atom is 0.259 e. The van der Waals surface area contributed by atoms with Crippen molar-refractivity contribution in [2.24, 2.45) is 0 Å². The van der Waals surface area contributed by atoms with Crippen LogP contribution in [0.15, 0.2) is 36.4 Å². The van der Waals surface area contributed by atoms with Gasteiger partial charge in [0.15, 0.2) is 0 Å². The molecule has 2 rings (SSSR count). The average Bonchev–Trinajstić information content (AvgIpc) is 2.46. The fraction of sp³-hybridized carbons (Fsp3) is 0.188. The molecule has 0 radical (unpaired) electrons. The number of anilines is 1. The van der Waals surface area contributed by atoms with Gasteiger partial charge in [0.05, 0.1) is 12.2 Å². The van der Waals surface area contributed by atoms with Gasteiger partial charge in [0.25, 0.3) is 5.91 Å². The molecule has 1 amide bonds. The molecule has 0 fully saturated rings. The minimum atomic E-state index is -0.286. The van der Waals surface area contributed by atoms with Crippen LogP contribution in [0.5, 0.6) is 5.75 Å². The van der Waals surface area contributed by atoms with Crippen molar-refractivity contribution < 1.29 is 9.53 Å². The second-order valence-corrected chi connectivity index (χ2v) is 5.28. The molecule has 3 nitrogen and oxygen atoms in total. The van der Waals surface area contributed by atoms with E-state index in [4.69, 9.17) is 27.9 Å². The second-order valence-electron chi connectivity index (χ2n) is 4.44. The Kier molecular flexibility index (Phi) is 5.10. The molecule has 2 aromatic carbocycles. The Hall–Kier alpha value is -1.71. The lowest BCUT2D eigenvalue weighted by atomic mass is 10.1. The number of hydrogen-bond acceptors (Lipinski definition) is 2. The molecule has 0 bridgehead atoms. The van der Waals surface area contributed by atoms with Crippen molar-refractivity contribution in [3.8, 4) is 5.75 Å². The van der Waals surface area contributed by atoms with E-state index in [1.54, 1.807) is 36.4 Å². The van der Waals surface area contributed by atoms with Crippen molar-refractivity contribution in [1.29, 1.82) is 0 Å². The third-order valence-corrected chi connectivity index (χ3v) is 3.65. The largest absolute Gasteiger partial charge is 0.493 e. The van der Waals surface area contributed by atoms with Crippen LogP contribution in [0.4, 0.5) is 5.69 Å². The standard InChI is InChI=1S/C16H15Cl2NO2/c1-3-21-15-8-7-11(17)9-12(15)16(20)19-14-6-4-5-13(18)10(14)2/h4-9H,3H2,1-2H3,(H,19,20). The van der Waals surface area contributed by atoms with Crippen molar-refractivity contribution in [2.45, 2.75) is 13.8 Å². The quantitative estimate of drug-likeness (QED) is 0.864. The molecule has 1 N–H and O–H groups in total. The lowest BCUT2D eigenvalue weighted by Crippen LogP contribution is -2.14. The van der Waals surface area contributed by atoms with Crippen molar-refractivity contribution in [3.05, 3.63) is 57.6 Å². The van der Waals surface area contributed by atoms with Crippen LogP contribution in [0.3, 0.4) is 0 Å². The Morgan fingerprint density at radius 3 is 2.71 bits per heavy atom. The molecule has 21 heavy (non-hydrogen) atoms. The number of benzene rings is 2. The van der Waals surface area contributed by atoms with Gasteiger partial charge in [-0.3, -0.25) is 4.79 Å². The van der Waals surface area contributed by atoms with E-state index < -0.39 is 0 Å².